The number of nitrogens with zero attached hydrogens (tertiary/aromatic N) is 3. The van der Waals surface area contributed by atoms with Crippen molar-refractivity contribution in [3.63, 3.8) is 0 Å². The maximum absolute atomic E-state index is 6.30. The molecule has 0 saturated carbocycles. The Balaban J connectivity index is 4.55. The van der Waals surface area contributed by atoms with Gasteiger partial charge in [-0.25, -0.2) is 0 Å². The van der Waals surface area contributed by atoms with E-state index in [1.165, 1.54) is 96.3 Å². The zero-order valence-corrected chi connectivity index (χ0v) is 21.6. The van der Waals surface area contributed by atoms with Crippen LogP contribution in [0.25, 0.3) is 0 Å². The quantitative estimate of drug-likeness (QED) is 0.255. The van der Waals surface area contributed by atoms with Crippen molar-refractivity contribution in [2.75, 3.05) is 65.5 Å². The molecule has 0 aliphatic carbocycles. The first-order chi connectivity index (χ1) is 13.5. The summed E-state index contributed by atoms with van der Waals surface area (Å²) in [7, 11) is -1.47. The van der Waals surface area contributed by atoms with Crippen LogP contribution in [0, 0.1) is 0 Å². The molecule has 5 heteroatoms. The topological polar surface area (TPSA) is 19.0 Å². The van der Waals surface area contributed by atoms with Crippen molar-refractivity contribution < 1.29 is 4.43 Å². The minimum Gasteiger partial charge on any atom is -0.417 e. The minimum absolute atomic E-state index is 0.894. The Morgan fingerprint density at radius 1 is 0.536 bits per heavy atom. The van der Waals surface area contributed by atoms with E-state index in [4.69, 9.17) is 4.43 Å². The van der Waals surface area contributed by atoms with Gasteiger partial charge in [0.05, 0.1) is 0 Å². The maximum Gasteiger partial charge on any atom is 0.192 e. The van der Waals surface area contributed by atoms with Crippen molar-refractivity contribution in [2.45, 2.75) is 85.9 Å². The highest BCUT2D eigenvalue weighted by Crippen LogP contribution is 2.24. The van der Waals surface area contributed by atoms with E-state index in [-0.39, 0.29) is 0 Å². The molecule has 0 spiro atoms. The molecule has 0 aliphatic heterocycles. The van der Waals surface area contributed by atoms with E-state index >= 15 is 0 Å². The van der Waals surface area contributed by atoms with Crippen LogP contribution in [-0.2, 0) is 4.43 Å². The van der Waals surface area contributed by atoms with Gasteiger partial charge in [-0.2, -0.15) is 0 Å². The third-order valence-corrected chi connectivity index (χ3v) is 11.3. The van der Waals surface area contributed by atoms with Crippen molar-refractivity contribution in [1.29, 1.82) is 0 Å². The number of rotatable bonds is 20. The van der Waals surface area contributed by atoms with Crippen LogP contribution >= 0.6 is 0 Å². The molecular weight excluding hydrogens is 362 g/mol. The molecule has 0 bridgehead atoms. The van der Waals surface area contributed by atoms with Gasteiger partial charge in [-0.05, 0) is 103 Å². The largest absolute Gasteiger partial charge is 0.417 e. The molecular formula is C23H53N3OSi. The van der Waals surface area contributed by atoms with Crippen LogP contribution in [0.4, 0.5) is 0 Å². The highest BCUT2D eigenvalue weighted by molar-refractivity contribution is 6.73. The molecule has 0 heterocycles. The first-order valence-corrected chi connectivity index (χ1v) is 14.9. The third-order valence-electron chi connectivity index (χ3n) is 6.53. The summed E-state index contributed by atoms with van der Waals surface area (Å²) in [6.07, 6.45) is 3.90. The van der Waals surface area contributed by atoms with Gasteiger partial charge in [-0.15, -0.1) is 0 Å². The Morgan fingerprint density at radius 2 is 0.929 bits per heavy atom. The lowest BCUT2D eigenvalue weighted by atomic mass is 10.2. The summed E-state index contributed by atoms with van der Waals surface area (Å²) in [6, 6.07) is 3.86. The minimum atomic E-state index is -1.47. The van der Waals surface area contributed by atoms with E-state index in [9.17, 15) is 0 Å². The molecule has 0 fully saturated rings. The zero-order valence-electron chi connectivity index (χ0n) is 20.6. The summed E-state index contributed by atoms with van der Waals surface area (Å²) >= 11 is 0. The zero-order chi connectivity index (χ0) is 21.3. The highest BCUT2D eigenvalue weighted by Gasteiger charge is 2.29. The SMILES string of the molecule is CCO[Si](CC)(CC)CCCN(CCCN(CC)CC)CCCN(CC)CC. The van der Waals surface area contributed by atoms with Gasteiger partial charge in [0.15, 0.2) is 8.32 Å². The van der Waals surface area contributed by atoms with E-state index in [1.807, 2.05) is 0 Å². The summed E-state index contributed by atoms with van der Waals surface area (Å²) in [5.74, 6) is 0. The lowest BCUT2D eigenvalue weighted by Crippen LogP contribution is -2.38. The fourth-order valence-corrected chi connectivity index (χ4v) is 7.44. The smallest absolute Gasteiger partial charge is 0.192 e. The molecule has 0 rings (SSSR count). The van der Waals surface area contributed by atoms with Crippen molar-refractivity contribution >= 4 is 8.32 Å². The van der Waals surface area contributed by atoms with Crippen molar-refractivity contribution in [1.82, 2.24) is 14.7 Å². The summed E-state index contributed by atoms with van der Waals surface area (Å²) < 4.78 is 6.30. The molecule has 0 atom stereocenters. The average Bonchev–Trinajstić information content (AvgIpc) is 2.73. The van der Waals surface area contributed by atoms with Crippen molar-refractivity contribution in [2.24, 2.45) is 0 Å². The van der Waals surface area contributed by atoms with Gasteiger partial charge in [0, 0.05) is 6.61 Å². The Hall–Kier alpha value is 0.0569. The van der Waals surface area contributed by atoms with Crippen LogP contribution < -0.4 is 0 Å². The highest BCUT2D eigenvalue weighted by atomic mass is 28.4. The number of hydrogen-bond donors (Lipinski definition) is 0. The Morgan fingerprint density at radius 3 is 1.29 bits per heavy atom. The third kappa shape index (κ3) is 11.9. The second-order valence-corrected chi connectivity index (χ2v) is 12.6. The maximum atomic E-state index is 6.30. The standard InChI is InChI=1S/C23H53N3OSi/c1-8-24(9-2)18-15-20-26(21-16-19-25(10-3)11-4)22-17-23-28(13-6,14-7)27-12-5/h8-23H2,1-7H3. The molecule has 0 aromatic rings. The van der Waals surface area contributed by atoms with E-state index in [0.717, 1.165) is 6.61 Å². The van der Waals surface area contributed by atoms with Gasteiger partial charge in [0.1, 0.15) is 0 Å². The lowest BCUT2D eigenvalue weighted by Gasteiger charge is -2.31. The molecule has 0 aromatic carbocycles. The van der Waals surface area contributed by atoms with E-state index < -0.39 is 8.32 Å². The summed E-state index contributed by atoms with van der Waals surface area (Å²) in [6.45, 7) is 27.8. The molecule has 0 saturated heterocycles. The normalized spacial score (nSPS) is 12.6. The fraction of sp³-hybridized carbons (Fsp3) is 1.00. The molecule has 28 heavy (non-hydrogen) atoms. The van der Waals surface area contributed by atoms with Crippen molar-refractivity contribution in [3.05, 3.63) is 0 Å². The van der Waals surface area contributed by atoms with Crippen molar-refractivity contribution in [3.8, 4) is 0 Å². The molecule has 170 valence electrons. The number of hydrogen-bond acceptors (Lipinski definition) is 4. The Kier molecular flexibility index (Phi) is 17.9. The van der Waals surface area contributed by atoms with Gasteiger partial charge in [0.2, 0.25) is 0 Å². The molecule has 0 unspecified atom stereocenters. The molecule has 0 radical (unpaired) electrons. The van der Waals surface area contributed by atoms with Crippen LogP contribution in [0.5, 0.6) is 0 Å². The molecule has 0 N–H and O–H groups in total. The Bertz CT molecular complexity index is 314. The molecule has 0 aliphatic rings. The summed E-state index contributed by atoms with van der Waals surface area (Å²) in [4.78, 5) is 7.84. The molecule has 0 amide bonds. The first-order valence-electron chi connectivity index (χ1n) is 12.3. The van der Waals surface area contributed by atoms with Gasteiger partial charge in [-0.3, -0.25) is 0 Å². The second-order valence-electron chi connectivity index (χ2n) is 8.03. The molecule has 4 nitrogen and oxygen atoms in total. The monoisotopic (exact) mass is 415 g/mol. The lowest BCUT2D eigenvalue weighted by molar-refractivity contribution is 0.216. The predicted molar refractivity (Wildman–Crippen MR) is 129 cm³/mol. The van der Waals surface area contributed by atoms with Crippen LogP contribution in [0.3, 0.4) is 0 Å². The van der Waals surface area contributed by atoms with Gasteiger partial charge in [-0.1, -0.05) is 41.5 Å². The summed E-state index contributed by atoms with van der Waals surface area (Å²) in [5.41, 5.74) is 0. The van der Waals surface area contributed by atoms with Crippen LogP contribution in [0.15, 0.2) is 0 Å². The van der Waals surface area contributed by atoms with Crippen LogP contribution in [0.2, 0.25) is 18.1 Å². The van der Waals surface area contributed by atoms with Gasteiger partial charge in [0.25, 0.3) is 0 Å². The van der Waals surface area contributed by atoms with Gasteiger partial charge >= 0.3 is 0 Å². The van der Waals surface area contributed by atoms with Crippen LogP contribution in [-0.4, -0.2) is 88.5 Å². The Labute approximate surface area is 179 Å². The van der Waals surface area contributed by atoms with E-state index in [1.54, 1.807) is 0 Å². The van der Waals surface area contributed by atoms with E-state index in [0.29, 0.717) is 0 Å². The second kappa shape index (κ2) is 17.9. The molecule has 0 aromatic heterocycles. The van der Waals surface area contributed by atoms with Gasteiger partial charge < -0.3 is 19.1 Å². The summed E-state index contributed by atoms with van der Waals surface area (Å²) in [5, 5.41) is 0. The van der Waals surface area contributed by atoms with E-state index in [2.05, 4.69) is 63.2 Å². The average molecular weight is 416 g/mol. The predicted octanol–water partition coefficient (Wildman–Crippen LogP) is 5.16. The van der Waals surface area contributed by atoms with Crippen LogP contribution in [0.1, 0.15) is 67.7 Å². The first kappa shape index (κ1) is 28.1. The fourth-order valence-electron chi connectivity index (χ4n) is 4.26.